The Kier molecular flexibility index (Phi) is 2.95. The number of nitrogens with zero attached hydrogens (tertiary/aromatic N) is 1. The fraction of sp³-hybridized carbons (Fsp3) is 0.364. The van der Waals surface area contributed by atoms with Crippen molar-refractivity contribution >= 4 is 17.4 Å². The molecule has 1 aromatic rings. The Labute approximate surface area is 88.3 Å². The maximum atomic E-state index is 8.50. The van der Waals surface area contributed by atoms with Gasteiger partial charge in [-0.1, -0.05) is 6.07 Å². The van der Waals surface area contributed by atoms with Gasteiger partial charge in [0.1, 0.15) is 0 Å². The van der Waals surface area contributed by atoms with E-state index in [-0.39, 0.29) is 0 Å². The predicted octanol–water partition coefficient (Wildman–Crippen LogP) is 2.66. The minimum atomic E-state index is 0.603. The Morgan fingerprint density at radius 2 is 2.43 bits per heavy atom. The van der Waals surface area contributed by atoms with Gasteiger partial charge in [-0.3, -0.25) is 0 Å². The fourth-order valence-corrected chi connectivity index (χ4v) is 2.42. The van der Waals surface area contributed by atoms with Crippen molar-refractivity contribution in [3.63, 3.8) is 0 Å². The lowest BCUT2D eigenvalue weighted by Crippen LogP contribution is -2.10. The highest BCUT2D eigenvalue weighted by Crippen LogP contribution is 2.31. The van der Waals surface area contributed by atoms with E-state index in [0.717, 1.165) is 18.7 Å². The van der Waals surface area contributed by atoms with Gasteiger partial charge in [-0.25, -0.2) is 0 Å². The molecule has 0 aliphatic carbocycles. The van der Waals surface area contributed by atoms with Crippen LogP contribution >= 0.6 is 11.8 Å². The zero-order valence-corrected chi connectivity index (χ0v) is 8.73. The Bertz CT molecular complexity index is 368. The number of thioether (sulfide) groups is 1. The van der Waals surface area contributed by atoms with E-state index in [0.29, 0.717) is 6.42 Å². The molecule has 3 heteroatoms. The summed E-state index contributed by atoms with van der Waals surface area (Å²) in [6.45, 7) is 1.04. The van der Waals surface area contributed by atoms with Crippen molar-refractivity contribution in [1.82, 2.24) is 0 Å². The molecule has 0 aromatic heterocycles. The lowest BCUT2D eigenvalue weighted by molar-refractivity contribution is 1.00. The van der Waals surface area contributed by atoms with E-state index in [2.05, 4.69) is 29.6 Å². The van der Waals surface area contributed by atoms with Gasteiger partial charge >= 0.3 is 0 Å². The van der Waals surface area contributed by atoms with Crippen LogP contribution in [0.15, 0.2) is 23.1 Å². The van der Waals surface area contributed by atoms with Crippen LogP contribution in [0.2, 0.25) is 0 Å². The Morgan fingerprint density at radius 3 is 3.29 bits per heavy atom. The third kappa shape index (κ3) is 2.02. The molecule has 0 saturated carbocycles. The second-order valence-corrected chi connectivity index (χ2v) is 4.40. The standard InChI is InChI=1S/C11H12N2S/c12-5-1-2-9-3-4-11-10(8-9)13-6-7-14-11/h3-4,8,13H,1-2,6-7H2. The number of anilines is 1. The van der Waals surface area contributed by atoms with Crippen LogP contribution in [0.5, 0.6) is 0 Å². The summed E-state index contributed by atoms with van der Waals surface area (Å²) in [5.74, 6) is 1.14. The molecule has 2 rings (SSSR count). The van der Waals surface area contributed by atoms with Gasteiger partial charge in [0.15, 0.2) is 0 Å². The van der Waals surface area contributed by atoms with E-state index in [4.69, 9.17) is 5.26 Å². The number of rotatable bonds is 2. The quantitative estimate of drug-likeness (QED) is 0.804. The molecule has 2 nitrogen and oxygen atoms in total. The van der Waals surface area contributed by atoms with E-state index in [1.54, 1.807) is 0 Å². The van der Waals surface area contributed by atoms with Crippen LogP contribution in [-0.2, 0) is 6.42 Å². The summed E-state index contributed by atoms with van der Waals surface area (Å²) in [5, 5.41) is 11.9. The van der Waals surface area contributed by atoms with Gasteiger partial charge in [0.2, 0.25) is 0 Å². The summed E-state index contributed by atoms with van der Waals surface area (Å²) in [5.41, 5.74) is 2.48. The molecule has 0 amide bonds. The largest absolute Gasteiger partial charge is 0.383 e. The number of hydrogen-bond donors (Lipinski definition) is 1. The minimum absolute atomic E-state index is 0.603. The van der Waals surface area contributed by atoms with Crippen molar-refractivity contribution in [2.24, 2.45) is 0 Å². The maximum Gasteiger partial charge on any atom is 0.0625 e. The first kappa shape index (κ1) is 9.42. The minimum Gasteiger partial charge on any atom is -0.383 e. The van der Waals surface area contributed by atoms with Crippen LogP contribution < -0.4 is 5.32 Å². The van der Waals surface area contributed by atoms with Gasteiger partial charge in [0.05, 0.1) is 6.07 Å². The Morgan fingerprint density at radius 1 is 1.50 bits per heavy atom. The zero-order valence-electron chi connectivity index (χ0n) is 7.92. The summed E-state index contributed by atoms with van der Waals surface area (Å²) < 4.78 is 0. The molecule has 14 heavy (non-hydrogen) atoms. The van der Waals surface area contributed by atoms with Crippen LogP contribution in [0.4, 0.5) is 5.69 Å². The fourth-order valence-electron chi connectivity index (χ4n) is 1.54. The molecular formula is C11H12N2S. The number of fused-ring (bicyclic) bond motifs is 1. The third-order valence-corrected chi connectivity index (χ3v) is 3.32. The zero-order chi connectivity index (χ0) is 9.80. The molecule has 0 bridgehead atoms. The van der Waals surface area contributed by atoms with Gasteiger partial charge in [-0.15, -0.1) is 11.8 Å². The first-order chi connectivity index (χ1) is 6.90. The number of benzene rings is 1. The number of nitriles is 1. The molecule has 0 spiro atoms. The molecule has 1 aliphatic heterocycles. The van der Waals surface area contributed by atoms with Gasteiger partial charge in [0.25, 0.3) is 0 Å². The van der Waals surface area contributed by atoms with Gasteiger partial charge < -0.3 is 5.32 Å². The van der Waals surface area contributed by atoms with Crippen molar-refractivity contribution < 1.29 is 0 Å². The maximum absolute atomic E-state index is 8.50. The summed E-state index contributed by atoms with van der Waals surface area (Å²) in [6, 6.07) is 8.61. The van der Waals surface area contributed by atoms with Crippen molar-refractivity contribution in [3.8, 4) is 6.07 Å². The normalized spacial score (nSPS) is 13.9. The topological polar surface area (TPSA) is 35.8 Å². The molecule has 1 aliphatic rings. The summed E-state index contributed by atoms with van der Waals surface area (Å²) in [6.07, 6.45) is 1.46. The second kappa shape index (κ2) is 4.39. The molecular weight excluding hydrogens is 192 g/mol. The van der Waals surface area contributed by atoms with Crippen LogP contribution in [0.25, 0.3) is 0 Å². The smallest absolute Gasteiger partial charge is 0.0625 e. The molecule has 1 aromatic carbocycles. The molecule has 0 radical (unpaired) electrons. The van der Waals surface area contributed by atoms with E-state index in [9.17, 15) is 0 Å². The first-order valence-corrected chi connectivity index (χ1v) is 5.75. The summed E-state index contributed by atoms with van der Waals surface area (Å²) >= 11 is 1.89. The Balaban J connectivity index is 2.17. The SMILES string of the molecule is N#CCCc1ccc2c(c1)NCCS2. The van der Waals surface area contributed by atoms with Crippen molar-refractivity contribution in [2.75, 3.05) is 17.6 Å². The molecule has 1 heterocycles. The van der Waals surface area contributed by atoms with E-state index in [1.165, 1.54) is 16.1 Å². The van der Waals surface area contributed by atoms with Crippen molar-refractivity contribution in [3.05, 3.63) is 23.8 Å². The van der Waals surface area contributed by atoms with Crippen LogP contribution in [0, 0.1) is 11.3 Å². The van der Waals surface area contributed by atoms with E-state index >= 15 is 0 Å². The highest BCUT2D eigenvalue weighted by Gasteiger charge is 2.08. The summed E-state index contributed by atoms with van der Waals surface area (Å²) in [4.78, 5) is 1.33. The highest BCUT2D eigenvalue weighted by atomic mass is 32.2. The number of hydrogen-bond acceptors (Lipinski definition) is 3. The third-order valence-electron chi connectivity index (χ3n) is 2.24. The van der Waals surface area contributed by atoms with Crippen LogP contribution in [-0.4, -0.2) is 12.3 Å². The number of aryl methyl sites for hydroxylation is 1. The second-order valence-electron chi connectivity index (χ2n) is 3.26. The van der Waals surface area contributed by atoms with Gasteiger partial charge in [0, 0.05) is 29.3 Å². The average molecular weight is 204 g/mol. The van der Waals surface area contributed by atoms with Crippen molar-refractivity contribution in [1.29, 1.82) is 5.26 Å². The molecule has 0 saturated heterocycles. The van der Waals surface area contributed by atoms with Crippen LogP contribution in [0.3, 0.4) is 0 Å². The van der Waals surface area contributed by atoms with Gasteiger partial charge in [-0.2, -0.15) is 5.26 Å². The van der Waals surface area contributed by atoms with Crippen molar-refractivity contribution in [2.45, 2.75) is 17.7 Å². The van der Waals surface area contributed by atoms with Crippen LogP contribution in [0.1, 0.15) is 12.0 Å². The van der Waals surface area contributed by atoms with E-state index in [1.807, 2.05) is 11.8 Å². The molecule has 0 unspecified atom stereocenters. The van der Waals surface area contributed by atoms with E-state index < -0.39 is 0 Å². The molecule has 72 valence electrons. The number of nitrogens with one attached hydrogen (secondary N) is 1. The lowest BCUT2D eigenvalue weighted by Gasteiger charge is -2.17. The molecule has 0 fully saturated rings. The van der Waals surface area contributed by atoms with Gasteiger partial charge in [-0.05, 0) is 24.1 Å². The highest BCUT2D eigenvalue weighted by molar-refractivity contribution is 7.99. The monoisotopic (exact) mass is 204 g/mol. The average Bonchev–Trinajstić information content (AvgIpc) is 2.26. The molecule has 0 atom stereocenters. The summed E-state index contributed by atoms with van der Waals surface area (Å²) in [7, 11) is 0. The Hall–Kier alpha value is -1.14. The lowest BCUT2D eigenvalue weighted by atomic mass is 10.1. The first-order valence-electron chi connectivity index (χ1n) is 4.77. The predicted molar refractivity (Wildman–Crippen MR) is 59.6 cm³/mol. The molecule has 1 N–H and O–H groups in total.